The summed E-state index contributed by atoms with van der Waals surface area (Å²) < 4.78 is 13.2. The Hall–Kier alpha value is -1.11. The van der Waals surface area contributed by atoms with Gasteiger partial charge in [-0.05, 0) is 18.6 Å². The molecule has 0 bridgehead atoms. The van der Waals surface area contributed by atoms with Crippen LogP contribution in [0.25, 0.3) is 0 Å². The van der Waals surface area contributed by atoms with Gasteiger partial charge >= 0.3 is 6.03 Å². The molecule has 2 fully saturated rings. The molecule has 0 spiro atoms. The number of nitrogens with one attached hydrogen (secondary N) is 1. The monoisotopic (exact) mass is 246 g/mol. The molecule has 2 unspecified atom stereocenters. The van der Waals surface area contributed by atoms with E-state index in [1.54, 1.807) is 11.8 Å². The standard InChI is InChI=1S/C9H11FN2O3S/c10-6-7(13)11-9(15)12(8(6)14)5-2-1-3-16-4-5/h5-6H,1-4H2,(H,11,13,15). The fraction of sp³-hybridized carbons (Fsp3) is 0.667. The molecule has 1 N–H and O–H groups in total. The maximum absolute atomic E-state index is 13.2. The summed E-state index contributed by atoms with van der Waals surface area (Å²) in [7, 11) is 0. The number of carbonyl (C=O) groups excluding carboxylic acids is 3. The summed E-state index contributed by atoms with van der Waals surface area (Å²) in [5.74, 6) is -0.589. The van der Waals surface area contributed by atoms with E-state index in [2.05, 4.69) is 0 Å². The summed E-state index contributed by atoms with van der Waals surface area (Å²) in [6, 6.07) is -1.09. The molecule has 4 amide bonds. The van der Waals surface area contributed by atoms with Crippen LogP contribution in [0.2, 0.25) is 0 Å². The van der Waals surface area contributed by atoms with Crippen molar-refractivity contribution in [2.24, 2.45) is 0 Å². The number of alkyl halides is 1. The Morgan fingerprint density at radius 1 is 1.38 bits per heavy atom. The van der Waals surface area contributed by atoms with Gasteiger partial charge in [0, 0.05) is 5.75 Å². The number of urea groups is 1. The van der Waals surface area contributed by atoms with Crippen LogP contribution in [0.4, 0.5) is 9.18 Å². The van der Waals surface area contributed by atoms with Gasteiger partial charge in [0.15, 0.2) is 0 Å². The van der Waals surface area contributed by atoms with Crippen LogP contribution in [0.15, 0.2) is 0 Å². The van der Waals surface area contributed by atoms with E-state index in [9.17, 15) is 18.8 Å². The van der Waals surface area contributed by atoms with Crippen LogP contribution in [-0.2, 0) is 9.59 Å². The molecule has 2 aliphatic heterocycles. The normalized spacial score (nSPS) is 31.6. The highest BCUT2D eigenvalue weighted by Gasteiger charge is 2.44. The van der Waals surface area contributed by atoms with Crippen LogP contribution in [0.3, 0.4) is 0 Å². The number of thioether (sulfide) groups is 1. The first kappa shape index (κ1) is 11.4. The van der Waals surface area contributed by atoms with Crippen LogP contribution in [-0.4, -0.2) is 46.5 Å². The summed E-state index contributed by atoms with van der Waals surface area (Å²) in [6.07, 6.45) is -0.686. The molecule has 5 nitrogen and oxygen atoms in total. The number of amides is 4. The highest BCUT2D eigenvalue weighted by atomic mass is 32.2. The van der Waals surface area contributed by atoms with Gasteiger partial charge in [0.25, 0.3) is 18.0 Å². The average molecular weight is 246 g/mol. The lowest BCUT2D eigenvalue weighted by Crippen LogP contribution is -2.62. The summed E-state index contributed by atoms with van der Waals surface area (Å²) in [4.78, 5) is 34.7. The molecule has 88 valence electrons. The van der Waals surface area contributed by atoms with Crippen LogP contribution in [0.5, 0.6) is 0 Å². The minimum atomic E-state index is -2.25. The number of barbiturate groups is 1. The SMILES string of the molecule is O=C1NC(=O)N(C2CCCSC2)C(=O)C1F. The van der Waals surface area contributed by atoms with Crippen molar-refractivity contribution in [2.45, 2.75) is 25.1 Å². The third-order valence-corrected chi connectivity index (χ3v) is 3.83. The fourth-order valence-electron chi connectivity index (χ4n) is 1.84. The first-order valence-electron chi connectivity index (χ1n) is 5.01. The number of imide groups is 2. The second-order valence-corrected chi connectivity index (χ2v) is 4.89. The zero-order valence-electron chi connectivity index (χ0n) is 8.44. The zero-order chi connectivity index (χ0) is 11.7. The van der Waals surface area contributed by atoms with E-state index in [1.807, 2.05) is 5.32 Å². The highest BCUT2D eigenvalue weighted by Crippen LogP contribution is 2.24. The third kappa shape index (κ3) is 1.91. The predicted molar refractivity (Wildman–Crippen MR) is 55.6 cm³/mol. The summed E-state index contributed by atoms with van der Waals surface area (Å²) in [5.41, 5.74) is 0. The lowest BCUT2D eigenvalue weighted by molar-refractivity contribution is -0.145. The quantitative estimate of drug-likeness (QED) is 0.676. The second kappa shape index (κ2) is 4.40. The van der Waals surface area contributed by atoms with Crippen molar-refractivity contribution >= 4 is 29.6 Å². The van der Waals surface area contributed by atoms with Crippen LogP contribution in [0, 0.1) is 0 Å². The first-order valence-corrected chi connectivity index (χ1v) is 6.16. The molecule has 7 heteroatoms. The Bertz CT molecular complexity index is 344. The first-order chi connectivity index (χ1) is 7.61. The molecule has 2 atom stereocenters. The van der Waals surface area contributed by atoms with Gasteiger partial charge in [-0.25, -0.2) is 9.18 Å². The second-order valence-electron chi connectivity index (χ2n) is 3.74. The van der Waals surface area contributed by atoms with Gasteiger partial charge in [-0.1, -0.05) is 0 Å². The number of hydrogen-bond donors (Lipinski definition) is 1. The molecular formula is C9H11FN2O3S. The number of halogens is 1. The Morgan fingerprint density at radius 2 is 2.12 bits per heavy atom. The maximum atomic E-state index is 13.2. The molecular weight excluding hydrogens is 235 g/mol. The summed E-state index contributed by atoms with van der Waals surface area (Å²) in [5, 5.41) is 1.85. The Kier molecular flexibility index (Phi) is 3.13. The molecule has 0 aromatic heterocycles. The Morgan fingerprint density at radius 3 is 2.75 bits per heavy atom. The predicted octanol–water partition coefficient (Wildman–Crippen LogP) is 0.298. The van der Waals surface area contributed by atoms with Gasteiger partial charge in [0.2, 0.25) is 0 Å². The van der Waals surface area contributed by atoms with Crippen molar-refractivity contribution in [2.75, 3.05) is 11.5 Å². The van der Waals surface area contributed by atoms with Crippen molar-refractivity contribution in [3.8, 4) is 0 Å². The summed E-state index contributed by atoms with van der Waals surface area (Å²) in [6.45, 7) is 0. The molecule has 0 radical (unpaired) electrons. The molecule has 2 saturated heterocycles. The van der Waals surface area contributed by atoms with E-state index < -0.39 is 24.0 Å². The van der Waals surface area contributed by atoms with E-state index in [1.165, 1.54) is 0 Å². The molecule has 0 aromatic rings. The molecule has 2 rings (SSSR count). The number of hydrogen-bond acceptors (Lipinski definition) is 4. The molecule has 2 heterocycles. The van der Waals surface area contributed by atoms with Gasteiger partial charge in [-0.15, -0.1) is 0 Å². The Labute approximate surface area is 95.7 Å². The molecule has 16 heavy (non-hydrogen) atoms. The van der Waals surface area contributed by atoms with E-state index in [-0.39, 0.29) is 6.04 Å². The number of rotatable bonds is 1. The highest BCUT2D eigenvalue weighted by molar-refractivity contribution is 7.99. The van der Waals surface area contributed by atoms with E-state index in [0.717, 1.165) is 17.1 Å². The lowest BCUT2D eigenvalue weighted by Gasteiger charge is -2.35. The third-order valence-electron chi connectivity index (χ3n) is 2.63. The van der Waals surface area contributed by atoms with Crippen LogP contribution in [0.1, 0.15) is 12.8 Å². The van der Waals surface area contributed by atoms with Crippen molar-refractivity contribution in [3.63, 3.8) is 0 Å². The van der Waals surface area contributed by atoms with Gasteiger partial charge in [0.05, 0.1) is 6.04 Å². The molecule has 2 aliphatic rings. The van der Waals surface area contributed by atoms with Crippen LogP contribution >= 0.6 is 11.8 Å². The van der Waals surface area contributed by atoms with Crippen LogP contribution < -0.4 is 5.32 Å². The van der Waals surface area contributed by atoms with Gasteiger partial charge in [-0.3, -0.25) is 19.8 Å². The van der Waals surface area contributed by atoms with Gasteiger partial charge < -0.3 is 0 Å². The lowest BCUT2D eigenvalue weighted by atomic mass is 10.1. The van der Waals surface area contributed by atoms with E-state index >= 15 is 0 Å². The fourth-order valence-corrected chi connectivity index (χ4v) is 2.96. The number of carbonyl (C=O) groups is 3. The summed E-state index contributed by atoms with van der Waals surface area (Å²) >= 11 is 1.62. The van der Waals surface area contributed by atoms with Crippen molar-refractivity contribution in [1.29, 1.82) is 0 Å². The zero-order valence-corrected chi connectivity index (χ0v) is 9.26. The smallest absolute Gasteiger partial charge is 0.275 e. The minimum absolute atomic E-state index is 0.294. The molecule has 0 aromatic carbocycles. The molecule has 0 saturated carbocycles. The number of nitrogens with zero attached hydrogens (tertiary/aromatic N) is 1. The van der Waals surface area contributed by atoms with Gasteiger partial charge in [0.1, 0.15) is 0 Å². The Balaban J connectivity index is 2.15. The van der Waals surface area contributed by atoms with Crippen molar-refractivity contribution in [1.82, 2.24) is 10.2 Å². The molecule has 0 aliphatic carbocycles. The topological polar surface area (TPSA) is 66.5 Å². The average Bonchev–Trinajstić information content (AvgIpc) is 2.28. The van der Waals surface area contributed by atoms with Crippen molar-refractivity contribution < 1.29 is 18.8 Å². The van der Waals surface area contributed by atoms with E-state index in [4.69, 9.17) is 0 Å². The minimum Gasteiger partial charge on any atom is -0.275 e. The van der Waals surface area contributed by atoms with Gasteiger partial charge in [-0.2, -0.15) is 11.8 Å². The largest absolute Gasteiger partial charge is 0.331 e. The van der Waals surface area contributed by atoms with E-state index in [0.29, 0.717) is 12.2 Å². The van der Waals surface area contributed by atoms with Crippen molar-refractivity contribution in [3.05, 3.63) is 0 Å². The maximum Gasteiger partial charge on any atom is 0.331 e.